The number of fused-ring (bicyclic) bond motifs is 3. The summed E-state index contributed by atoms with van der Waals surface area (Å²) in [6.45, 7) is 2.16. The second kappa shape index (κ2) is 5.04. The number of hydrogen-bond acceptors (Lipinski definition) is 2. The first kappa shape index (κ1) is 13.9. The topological polar surface area (TPSA) is 0 Å². The van der Waals surface area contributed by atoms with Gasteiger partial charge in [0.15, 0.2) is 0 Å². The second-order valence-corrected chi connectivity index (χ2v) is 14.2. The summed E-state index contributed by atoms with van der Waals surface area (Å²) >= 11 is 1.15. The minimum atomic E-state index is -2.78. The molecule has 19 heavy (non-hydrogen) atoms. The molecule has 100 valence electrons. The molecule has 2 aromatic rings. The second-order valence-electron chi connectivity index (χ2n) is 4.80. The quantitative estimate of drug-likeness (QED) is 0.663. The molecule has 0 unspecified atom stereocenters. The SMILES string of the molecule is [CH2]=[Sn]([CH2]CCC)[c]1cc2c(s1)-c1sccc1C2(F)F. The molecular weight excluding hydrogens is 389 g/mol. The Balaban J connectivity index is 2.01. The molecule has 0 amide bonds. The van der Waals surface area contributed by atoms with Crippen molar-refractivity contribution < 1.29 is 8.78 Å². The van der Waals surface area contributed by atoms with Crippen LogP contribution in [0.15, 0.2) is 17.5 Å². The van der Waals surface area contributed by atoms with Crippen LogP contribution in [0.25, 0.3) is 9.75 Å². The van der Waals surface area contributed by atoms with Crippen LogP contribution in [-0.2, 0) is 5.92 Å². The van der Waals surface area contributed by atoms with Gasteiger partial charge in [0.1, 0.15) is 0 Å². The van der Waals surface area contributed by atoms with Crippen molar-refractivity contribution in [2.75, 3.05) is 0 Å². The van der Waals surface area contributed by atoms with E-state index in [-0.39, 0.29) is 11.1 Å². The van der Waals surface area contributed by atoms with E-state index in [2.05, 4.69) is 11.4 Å². The van der Waals surface area contributed by atoms with Crippen molar-refractivity contribution in [2.24, 2.45) is 0 Å². The Labute approximate surface area is 126 Å². The number of alkyl halides is 2. The molecule has 0 atom stereocenters. The molecule has 0 saturated carbocycles. The third-order valence-electron chi connectivity index (χ3n) is 3.46. The molecule has 0 fully saturated rings. The number of thiophene rings is 2. The van der Waals surface area contributed by atoms with Crippen molar-refractivity contribution in [1.82, 2.24) is 0 Å². The molecule has 0 saturated heterocycles. The summed E-state index contributed by atoms with van der Waals surface area (Å²) in [6.07, 6.45) is 2.34. The summed E-state index contributed by atoms with van der Waals surface area (Å²) in [5, 5.41) is 1.77. The van der Waals surface area contributed by atoms with Crippen molar-refractivity contribution in [3.8, 4) is 9.75 Å². The van der Waals surface area contributed by atoms with Crippen molar-refractivity contribution in [3.05, 3.63) is 28.6 Å². The molecular formula is C14H14F2S2Sn. The Morgan fingerprint density at radius 2 is 2.11 bits per heavy atom. The molecule has 2 aromatic heterocycles. The van der Waals surface area contributed by atoms with Gasteiger partial charge in [-0.05, 0) is 0 Å². The van der Waals surface area contributed by atoms with Gasteiger partial charge in [-0.1, -0.05) is 0 Å². The minimum absolute atomic E-state index is 0.202. The van der Waals surface area contributed by atoms with Crippen molar-refractivity contribution in [3.63, 3.8) is 0 Å². The van der Waals surface area contributed by atoms with Gasteiger partial charge in [0.05, 0.1) is 0 Å². The molecule has 3 rings (SSSR count). The Morgan fingerprint density at radius 1 is 1.32 bits per heavy atom. The molecule has 1 aliphatic rings. The van der Waals surface area contributed by atoms with E-state index in [4.69, 9.17) is 0 Å². The van der Waals surface area contributed by atoms with Crippen LogP contribution in [-0.4, -0.2) is 23.8 Å². The molecule has 0 N–H and O–H groups in total. The molecule has 5 heteroatoms. The predicted molar refractivity (Wildman–Crippen MR) is 82.9 cm³/mol. The first-order valence-corrected chi connectivity index (χ1v) is 13.5. The van der Waals surface area contributed by atoms with Gasteiger partial charge in [0, 0.05) is 0 Å². The summed E-state index contributed by atoms with van der Waals surface area (Å²) in [5.41, 5.74) is 0.445. The van der Waals surface area contributed by atoms with Crippen LogP contribution >= 0.6 is 22.7 Å². The zero-order chi connectivity index (χ0) is 13.6. The monoisotopic (exact) mass is 404 g/mol. The van der Waals surface area contributed by atoms with E-state index in [1.807, 2.05) is 0 Å². The molecule has 0 aromatic carbocycles. The number of hydrogen-bond donors (Lipinski definition) is 0. The van der Waals surface area contributed by atoms with Gasteiger partial charge in [-0.25, -0.2) is 0 Å². The summed E-state index contributed by atoms with van der Waals surface area (Å²) in [5.74, 6) is -2.78. The zero-order valence-electron chi connectivity index (χ0n) is 10.6. The molecule has 0 spiro atoms. The van der Waals surface area contributed by atoms with Gasteiger partial charge in [0.2, 0.25) is 0 Å². The Kier molecular flexibility index (Phi) is 3.68. The van der Waals surface area contributed by atoms with Gasteiger partial charge in [0.25, 0.3) is 0 Å². The third kappa shape index (κ3) is 2.16. The summed E-state index contributed by atoms with van der Waals surface area (Å²) < 4.78 is 35.3. The van der Waals surface area contributed by atoms with Gasteiger partial charge in [-0.15, -0.1) is 0 Å². The summed E-state index contributed by atoms with van der Waals surface area (Å²) in [4.78, 5) is 1.59. The van der Waals surface area contributed by atoms with E-state index in [0.29, 0.717) is 0 Å². The fraction of sp³-hybridized carbons (Fsp3) is 0.357. The fourth-order valence-electron chi connectivity index (χ4n) is 2.36. The molecule has 0 radical (unpaired) electrons. The molecule has 0 nitrogen and oxygen atoms in total. The van der Waals surface area contributed by atoms with E-state index in [0.717, 1.165) is 16.2 Å². The van der Waals surface area contributed by atoms with Crippen LogP contribution in [0.5, 0.6) is 0 Å². The zero-order valence-corrected chi connectivity index (χ0v) is 15.1. The Bertz CT molecular complexity index is 640. The van der Waals surface area contributed by atoms with Gasteiger partial charge >= 0.3 is 127 Å². The Morgan fingerprint density at radius 3 is 2.84 bits per heavy atom. The third-order valence-corrected chi connectivity index (χ3v) is 13.4. The number of unbranched alkanes of at least 4 members (excludes halogenated alkanes) is 1. The van der Waals surface area contributed by atoms with Crippen LogP contribution in [0.4, 0.5) is 8.78 Å². The first-order valence-electron chi connectivity index (χ1n) is 6.34. The average Bonchev–Trinajstić information content (AvgIpc) is 3.03. The van der Waals surface area contributed by atoms with Gasteiger partial charge in [-0.3, -0.25) is 0 Å². The normalized spacial score (nSPS) is 15.3. The maximum absolute atomic E-state index is 14.3. The van der Waals surface area contributed by atoms with E-state index < -0.39 is 25.2 Å². The molecule has 0 bridgehead atoms. The van der Waals surface area contributed by atoms with Crippen LogP contribution < -0.4 is 2.89 Å². The van der Waals surface area contributed by atoms with E-state index in [9.17, 15) is 8.78 Å². The average molecular weight is 403 g/mol. The fourth-order valence-corrected chi connectivity index (χ4v) is 11.3. The maximum atomic E-state index is 14.3. The van der Waals surface area contributed by atoms with E-state index in [1.54, 1.807) is 28.8 Å². The molecule has 2 heterocycles. The van der Waals surface area contributed by atoms with Gasteiger partial charge < -0.3 is 0 Å². The standard InChI is InChI=1S/C9H3F2S2.C4H9.CH2.Sn/c10-9(11)5-1-3-12-7(5)8-6(9)2-4-13-8;1-3-4-2;;/h1-3H;1,3-4H2,2H3;1H2;. The van der Waals surface area contributed by atoms with Crippen LogP contribution in [0.2, 0.25) is 4.44 Å². The molecule has 1 aliphatic carbocycles. The van der Waals surface area contributed by atoms with Crippen LogP contribution in [0.1, 0.15) is 30.9 Å². The molecule has 0 aliphatic heterocycles. The van der Waals surface area contributed by atoms with Crippen LogP contribution in [0, 0.1) is 0 Å². The van der Waals surface area contributed by atoms with E-state index >= 15 is 0 Å². The number of halogens is 2. The van der Waals surface area contributed by atoms with Crippen LogP contribution in [0.3, 0.4) is 0 Å². The summed E-state index contributed by atoms with van der Waals surface area (Å²) in [7, 11) is 0. The van der Waals surface area contributed by atoms with Crippen molar-refractivity contribution in [1.29, 1.82) is 0 Å². The predicted octanol–water partition coefficient (Wildman–Crippen LogP) is 4.45. The summed E-state index contributed by atoms with van der Waals surface area (Å²) in [6, 6.07) is 3.33. The van der Waals surface area contributed by atoms with Gasteiger partial charge in [-0.2, -0.15) is 0 Å². The number of rotatable bonds is 4. The first-order chi connectivity index (χ1) is 9.05. The van der Waals surface area contributed by atoms with E-state index in [1.165, 1.54) is 25.1 Å². The van der Waals surface area contributed by atoms with Crippen molar-refractivity contribution >= 4 is 49.4 Å². The Hall–Kier alpha value is -0.0713. The van der Waals surface area contributed by atoms with Crippen molar-refractivity contribution in [2.45, 2.75) is 30.1 Å².